The van der Waals surface area contributed by atoms with Gasteiger partial charge in [-0.05, 0) is 0 Å². The summed E-state index contributed by atoms with van der Waals surface area (Å²) in [5.74, 6) is -6.93. The zero-order valence-electron chi connectivity index (χ0n) is 35.9. The van der Waals surface area contributed by atoms with Crippen LogP contribution in [-0.2, 0) is 120 Å². The fourth-order valence-electron chi connectivity index (χ4n) is 3.56. The van der Waals surface area contributed by atoms with Crippen molar-refractivity contribution < 1.29 is 192 Å². The second kappa shape index (κ2) is 38.9. The van der Waals surface area contributed by atoms with Gasteiger partial charge in [-0.15, -0.1) is 0 Å². The molecule has 0 saturated heterocycles. The van der Waals surface area contributed by atoms with Crippen LogP contribution in [-0.4, -0.2) is 224 Å². The van der Waals surface area contributed by atoms with Crippen molar-refractivity contribution in [2.45, 2.75) is 98.9 Å². The van der Waals surface area contributed by atoms with Gasteiger partial charge in [-0.2, -0.15) is 0 Å². The zero-order valence-corrected chi connectivity index (χ0v) is 39.0. The van der Waals surface area contributed by atoms with Crippen LogP contribution >= 0.6 is 0 Å². The van der Waals surface area contributed by atoms with Crippen molar-refractivity contribution in [3.8, 4) is 0 Å². The number of esters is 8. The maximum Gasteiger partial charge on any atom is 0.308 e. The van der Waals surface area contributed by atoms with Crippen molar-refractivity contribution in [3.05, 3.63) is 0 Å². The van der Waals surface area contributed by atoms with Crippen LogP contribution < -0.4 is 0 Å². The molecule has 0 saturated carbocycles. The summed E-state index contributed by atoms with van der Waals surface area (Å²) in [7, 11) is 8.59. The van der Waals surface area contributed by atoms with Gasteiger partial charge < -0.3 is 110 Å². The van der Waals surface area contributed by atoms with Gasteiger partial charge in [0.15, 0.2) is 25.2 Å². The molecule has 0 amide bonds. The number of rotatable bonds is 20. The van der Waals surface area contributed by atoms with E-state index in [0.717, 1.165) is 56.9 Å². The van der Waals surface area contributed by atoms with Crippen LogP contribution in [0.1, 0.15) is 51.4 Å². The van der Waals surface area contributed by atoms with Gasteiger partial charge in [0.2, 0.25) is 0 Å². The number of hydrogen-bond donors (Lipinski definition) is 12. The molecule has 0 bridgehead atoms. The van der Waals surface area contributed by atoms with Crippen LogP contribution in [0.3, 0.4) is 0 Å². The third-order valence-corrected chi connectivity index (χ3v) is 7.35. The molecule has 376 valence electrons. The first-order valence-electron chi connectivity index (χ1n) is 16.3. The normalized spacial score (nSPS) is 10.6. The topological polar surface area (TPSA) is 516 Å². The van der Waals surface area contributed by atoms with Crippen LogP contribution in [0.25, 0.3) is 0 Å². The number of ether oxygens (including phenoxy) is 8. The molecule has 0 aromatic rings. The molecule has 30 nitrogen and oxygen atoms in total. The summed E-state index contributed by atoms with van der Waals surface area (Å²) in [6, 6.07) is 0. The molecule has 0 aliphatic carbocycles. The van der Waals surface area contributed by atoms with Gasteiger partial charge in [-0.3, -0.25) is 38.4 Å². The van der Waals surface area contributed by atoms with E-state index in [9.17, 15) is 58.8 Å². The second-order valence-corrected chi connectivity index (χ2v) is 11.9. The van der Waals surface area contributed by atoms with E-state index in [4.69, 9.17) is 40.9 Å². The number of carbonyl (C=O) groups is 8. The molecular weight excluding hydrogens is 960 g/mol. The molecule has 64 heavy (non-hydrogen) atoms. The first kappa shape index (κ1) is 77.8. The standard InChI is InChI=1S/4C8H14O7.2H2O.2Ti/c4*1-14-5(9)3-8(13,7(11)12)4-6(10)15-2;;;;/h4*7,11-13H,3-4H2,1-2H3;2*1H2;;. The summed E-state index contributed by atoms with van der Waals surface area (Å²) in [5.41, 5.74) is -9.17. The summed E-state index contributed by atoms with van der Waals surface area (Å²) in [4.78, 5) is 86.8. The fourth-order valence-corrected chi connectivity index (χ4v) is 3.56. The molecule has 0 aliphatic rings. The van der Waals surface area contributed by atoms with Gasteiger partial charge >= 0.3 is 47.8 Å². The van der Waals surface area contributed by atoms with Crippen molar-refractivity contribution in [2.75, 3.05) is 56.9 Å². The fraction of sp³-hybridized carbons (Fsp3) is 0.750. The molecule has 32 heteroatoms. The average molecular weight is 1020 g/mol. The van der Waals surface area contributed by atoms with E-state index in [1.165, 1.54) is 0 Å². The molecule has 0 spiro atoms. The van der Waals surface area contributed by atoms with Crippen LogP contribution in [0, 0.1) is 0 Å². The molecule has 0 radical (unpaired) electrons. The second-order valence-electron chi connectivity index (χ2n) is 11.9. The number of methoxy groups -OCH3 is 8. The van der Waals surface area contributed by atoms with Crippen LogP contribution in [0.15, 0.2) is 0 Å². The average Bonchev–Trinajstić information content (AvgIpc) is 3.17. The van der Waals surface area contributed by atoms with E-state index in [0.29, 0.717) is 0 Å². The van der Waals surface area contributed by atoms with Crippen molar-refractivity contribution >= 4 is 47.8 Å². The Morgan fingerprint density at radius 3 is 0.422 bits per heavy atom. The molecule has 0 atom stereocenters. The summed E-state index contributed by atoms with van der Waals surface area (Å²) in [6.07, 6.45) is -14.7. The Hall–Kier alpha value is -3.37. The van der Waals surface area contributed by atoms with Gasteiger partial charge in [0.05, 0.1) is 108 Å². The molecule has 0 fully saturated rings. The monoisotopic (exact) mass is 1020 g/mol. The van der Waals surface area contributed by atoms with Gasteiger partial charge in [-0.25, -0.2) is 0 Å². The Balaban J connectivity index is -0.000000107. The third-order valence-electron chi connectivity index (χ3n) is 7.35. The molecule has 0 aromatic carbocycles. The first-order chi connectivity index (χ1) is 27.4. The summed E-state index contributed by atoms with van der Waals surface area (Å²) >= 11 is 0. The molecule has 0 unspecified atom stereocenters. The van der Waals surface area contributed by atoms with E-state index in [1.807, 2.05) is 0 Å². The summed E-state index contributed by atoms with van der Waals surface area (Å²) in [5, 5.41) is 109. The van der Waals surface area contributed by atoms with Gasteiger partial charge in [0.25, 0.3) is 0 Å². The first-order valence-corrected chi connectivity index (χ1v) is 16.3. The van der Waals surface area contributed by atoms with Crippen molar-refractivity contribution in [1.29, 1.82) is 0 Å². The van der Waals surface area contributed by atoms with Crippen molar-refractivity contribution in [1.82, 2.24) is 0 Å². The predicted molar refractivity (Wildman–Crippen MR) is 193 cm³/mol. The molecule has 0 aliphatic heterocycles. The van der Waals surface area contributed by atoms with E-state index in [-0.39, 0.29) is 54.4 Å². The number of hydrogen-bond acceptors (Lipinski definition) is 28. The van der Waals surface area contributed by atoms with Gasteiger partial charge in [-0.1, -0.05) is 0 Å². The Morgan fingerprint density at radius 2 is 0.375 bits per heavy atom. The SMILES string of the molecule is COC(=O)CC(O)(CC(=O)OC)C(O)O.COC(=O)CC(O)(CC(=O)OC)C(O)O.COC(=O)CC(O)(CC(=O)OC)C(O)O.COC(=O)CC(O)(CC(=O)OC)C(O)O.O.O.[Ti].[Ti]. The van der Waals surface area contributed by atoms with E-state index >= 15 is 0 Å². The Labute approximate surface area is 394 Å². The number of aliphatic hydroxyl groups excluding tert-OH is 4. The maximum atomic E-state index is 10.8. The summed E-state index contributed by atoms with van der Waals surface area (Å²) < 4.78 is 33.9. The smallest absolute Gasteiger partial charge is 0.308 e. The minimum absolute atomic E-state index is 0. The van der Waals surface area contributed by atoms with Gasteiger partial charge in [0, 0.05) is 43.4 Å². The van der Waals surface area contributed by atoms with Crippen LogP contribution in [0.5, 0.6) is 0 Å². The Kier molecular flexibility index (Phi) is 47.3. The maximum absolute atomic E-state index is 10.8. The Bertz CT molecular complexity index is 1080. The van der Waals surface area contributed by atoms with Gasteiger partial charge in [0.1, 0.15) is 22.4 Å². The quantitative estimate of drug-likeness (QED) is 0.0233. The van der Waals surface area contributed by atoms with Crippen LogP contribution in [0.2, 0.25) is 0 Å². The largest absolute Gasteiger partial charge is 0.469 e. The van der Waals surface area contributed by atoms with E-state index in [2.05, 4.69) is 37.9 Å². The minimum Gasteiger partial charge on any atom is -0.469 e. The summed E-state index contributed by atoms with van der Waals surface area (Å²) in [6.45, 7) is 0. The zero-order chi connectivity index (χ0) is 48.2. The number of carbonyl (C=O) groups excluding carboxylic acids is 8. The molecule has 0 aromatic heterocycles. The van der Waals surface area contributed by atoms with Crippen LogP contribution in [0.4, 0.5) is 0 Å². The van der Waals surface area contributed by atoms with E-state index in [1.54, 1.807) is 0 Å². The van der Waals surface area contributed by atoms with Crippen molar-refractivity contribution in [2.24, 2.45) is 0 Å². The molecule has 16 N–H and O–H groups in total. The predicted octanol–water partition coefficient (Wildman–Crippen LogP) is -9.04. The number of aliphatic hydroxyl groups is 12. The van der Waals surface area contributed by atoms with E-state index < -0.39 is 147 Å². The molecule has 0 rings (SSSR count). The Morgan fingerprint density at radius 1 is 0.297 bits per heavy atom. The van der Waals surface area contributed by atoms with Crippen molar-refractivity contribution in [3.63, 3.8) is 0 Å². The molecule has 0 heterocycles. The molecular formula is C32H60O30Ti2. The minimum atomic E-state index is -2.29. The third kappa shape index (κ3) is 33.2.